The molecule has 0 saturated carbocycles. The van der Waals surface area contributed by atoms with E-state index in [9.17, 15) is 9.59 Å². The molecule has 2 heterocycles. The number of fused-ring (bicyclic) bond motifs is 1. The van der Waals surface area contributed by atoms with Gasteiger partial charge in [-0.2, -0.15) is 0 Å². The van der Waals surface area contributed by atoms with E-state index < -0.39 is 6.04 Å². The summed E-state index contributed by atoms with van der Waals surface area (Å²) in [6, 6.07) is 18.0. The molecule has 0 radical (unpaired) electrons. The molecule has 0 aromatic heterocycles. The summed E-state index contributed by atoms with van der Waals surface area (Å²) in [5.41, 5.74) is 3.37. The zero-order valence-electron chi connectivity index (χ0n) is 16.5. The number of likely N-dealkylation sites (N-methyl/N-ethyl adjacent to an activating group) is 1. The Morgan fingerprint density at radius 2 is 1.68 bits per heavy atom. The number of piperidine rings is 1. The first-order chi connectivity index (χ1) is 13.7. The number of rotatable bonds is 4. The van der Waals surface area contributed by atoms with Crippen molar-refractivity contribution in [3.05, 3.63) is 71.3 Å². The number of nitrogens with zero attached hydrogens (tertiary/aromatic N) is 2. The normalized spacial score (nSPS) is 20.2. The number of carbonyl (C=O) groups excluding carboxylic acids is 2. The Morgan fingerprint density at radius 1 is 1.00 bits per heavy atom. The van der Waals surface area contributed by atoms with Gasteiger partial charge in [-0.15, -0.1) is 0 Å². The minimum absolute atomic E-state index is 0.0542. The van der Waals surface area contributed by atoms with E-state index in [-0.39, 0.29) is 11.8 Å². The van der Waals surface area contributed by atoms with Crippen molar-refractivity contribution < 1.29 is 9.59 Å². The number of hydrogen-bond acceptors (Lipinski definition) is 2. The van der Waals surface area contributed by atoms with Crippen LogP contribution in [0, 0.1) is 5.92 Å². The van der Waals surface area contributed by atoms with Gasteiger partial charge in [0.05, 0.1) is 6.42 Å². The van der Waals surface area contributed by atoms with Crippen LogP contribution in [0.25, 0.3) is 0 Å². The van der Waals surface area contributed by atoms with Gasteiger partial charge in [0.15, 0.2) is 0 Å². The van der Waals surface area contributed by atoms with E-state index in [1.54, 1.807) is 4.90 Å². The average molecular weight is 377 g/mol. The monoisotopic (exact) mass is 376 g/mol. The molecule has 2 aromatic carbocycles. The fourth-order valence-electron chi connectivity index (χ4n) is 4.64. The molecule has 1 atom stereocenters. The molecular weight excluding hydrogens is 348 g/mol. The zero-order valence-corrected chi connectivity index (χ0v) is 16.5. The van der Waals surface area contributed by atoms with E-state index in [0.717, 1.165) is 43.5 Å². The maximum atomic E-state index is 13.4. The lowest BCUT2D eigenvalue weighted by atomic mass is 9.88. The van der Waals surface area contributed by atoms with Gasteiger partial charge in [-0.1, -0.05) is 54.6 Å². The highest BCUT2D eigenvalue weighted by atomic mass is 16.2. The van der Waals surface area contributed by atoms with Crippen LogP contribution in [0.15, 0.2) is 54.6 Å². The summed E-state index contributed by atoms with van der Waals surface area (Å²) in [4.78, 5) is 29.8. The third-order valence-corrected chi connectivity index (χ3v) is 6.19. The van der Waals surface area contributed by atoms with Crippen molar-refractivity contribution in [2.24, 2.45) is 5.92 Å². The van der Waals surface area contributed by atoms with Crippen LogP contribution in [-0.2, 0) is 22.4 Å². The molecule has 2 aliphatic heterocycles. The quantitative estimate of drug-likeness (QED) is 0.818. The van der Waals surface area contributed by atoms with Crippen molar-refractivity contribution in [1.82, 2.24) is 9.80 Å². The molecule has 0 aliphatic carbocycles. The van der Waals surface area contributed by atoms with Crippen molar-refractivity contribution in [2.45, 2.75) is 38.6 Å². The van der Waals surface area contributed by atoms with Crippen LogP contribution in [-0.4, -0.2) is 41.2 Å². The van der Waals surface area contributed by atoms with Crippen molar-refractivity contribution in [2.75, 3.05) is 19.6 Å². The third kappa shape index (κ3) is 3.68. The Labute approximate surface area is 167 Å². The molecule has 0 N–H and O–H groups in total. The van der Waals surface area contributed by atoms with Crippen LogP contribution in [0.4, 0.5) is 0 Å². The second-order valence-electron chi connectivity index (χ2n) is 7.92. The van der Waals surface area contributed by atoms with Crippen LogP contribution >= 0.6 is 0 Å². The highest BCUT2D eigenvalue weighted by Gasteiger charge is 2.39. The topological polar surface area (TPSA) is 40.6 Å². The third-order valence-electron chi connectivity index (χ3n) is 6.19. The minimum Gasteiger partial charge on any atom is -0.341 e. The molecule has 1 saturated heterocycles. The summed E-state index contributed by atoms with van der Waals surface area (Å²) in [6.07, 6.45) is 3.52. The van der Waals surface area contributed by atoms with Gasteiger partial charge in [-0.3, -0.25) is 9.59 Å². The van der Waals surface area contributed by atoms with Crippen molar-refractivity contribution in [1.29, 1.82) is 0 Å². The van der Waals surface area contributed by atoms with Gasteiger partial charge in [-0.25, -0.2) is 0 Å². The first-order valence-electron chi connectivity index (χ1n) is 10.4. The summed E-state index contributed by atoms with van der Waals surface area (Å²) < 4.78 is 0. The summed E-state index contributed by atoms with van der Waals surface area (Å²) in [6.45, 7) is 4.08. The highest BCUT2D eigenvalue weighted by Crippen LogP contribution is 2.33. The maximum absolute atomic E-state index is 13.4. The number of carbonyl (C=O) groups is 2. The predicted molar refractivity (Wildman–Crippen MR) is 110 cm³/mol. The summed E-state index contributed by atoms with van der Waals surface area (Å²) in [5.74, 6) is 0.757. The standard InChI is InChI=1S/C24H28N2O2/c1-2-26-22(27)17-20-10-6-7-11-21(20)23(26)24(28)25-14-12-19(13-15-25)16-18-8-4-3-5-9-18/h3-11,19,23H,2,12-17H2,1H3. The molecule has 4 heteroatoms. The number of amides is 2. The van der Waals surface area contributed by atoms with Crippen molar-refractivity contribution in [3.63, 3.8) is 0 Å². The van der Waals surface area contributed by atoms with Crippen molar-refractivity contribution >= 4 is 11.8 Å². The Kier molecular flexibility index (Phi) is 5.47. The van der Waals surface area contributed by atoms with Gasteiger partial charge in [-0.05, 0) is 48.8 Å². The molecule has 146 valence electrons. The molecule has 1 unspecified atom stereocenters. The van der Waals surface area contributed by atoms with Crippen LogP contribution in [0.1, 0.15) is 42.5 Å². The van der Waals surface area contributed by atoms with E-state index in [1.165, 1.54) is 5.56 Å². The second kappa shape index (κ2) is 8.17. The van der Waals surface area contributed by atoms with E-state index >= 15 is 0 Å². The van der Waals surface area contributed by atoms with Crippen LogP contribution < -0.4 is 0 Å². The zero-order chi connectivity index (χ0) is 19.5. The number of benzene rings is 2. The SMILES string of the molecule is CCN1C(=O)Cc2ccccc2C1C(=O)N1CCC(Cc2ccccc2)CC1. The van der Waals surface area contributed by atoms with Gasteiger partial charge < -0.3 is 9.80 Å². The second-order valence-corrected chi connectivity index (χ2v) is 7.92. The Hall–Kier alpha value is -2.62. The van der Waals surface area contributed by atoms with Gasteiger partial charge in [0.1, 0.15) is 6.04 Å². The van der Waals surface area contributed by atoms with Gasteiger partial charge in [0.25, 0.3) is 0 Å². The first-order valence-corrected chi connectivity index (χ1v) is 10.4. The fourth-order valence-corrected chi connectivity index (χ4v) is 4.64. The van der Waals surface area contributed by atoms with Crippen LogP contribution in [0.2, 0.25) is 0 Å². The van der Waals surface area contributed by atoms with E-state index in [0.29, 0.717) is 18.9 Å². The summed E-state index contributed by atoms with van der Waals surface area (Å²) >= 11 is 0. The largest absolute Gasteiger partial charge is 0.341 e. The maximum Gasteiger partial charge on any atom is 0.250 e. The van der Waals surface area contributed by atoms with Gasteiger partial charge in [0.2, 0.25) is 11.8 Å². The molecule has 2 aliphatic rings. The van der Waals surface area contributed by atoms with Crippen LogP contribution in [0.5, 0.6) is 0 Å². The summed E-state index contributed by atoms with van der Waals surface area (Å²) in [5, 5.41) is 0. The van der Waals surface area contributed by atoms with Crippen LogP contribution in [0.3, 0.4) is 0 Å². The molecule has 1 fully saturated rings. The summed E-state index contributed by atoms with van der Waals surface area (Å²) in [7, 11) is 0. The van der Waals surface area contributed by atoms with E-state index in [2.05, 4.69) is 24.3 Å². The molecule has 2 amide bonds. The molecule has 28 heavy (non-hydrogen) atoms. The highest BCUT2D eigenvalue weighted by molar-refractivity contribution is 5.92. The lowest BCUT2D eigenvalue weighted by Crippen LogP contribution is -2.50. The van der Waals surface area contributed by atoms with Gasteiger partial charge >= 0.3 is 0 Å². The lowest BCUT2D eigenvalue weighted by molar-refractivity contribution is -0.147. The molecule has 0 spiro atoms. The average Bonchev–Trinajstić information content (AvgIpc) is 2.73. The minimum atomic E-state index is -0.465. The Bertz CT molecular complexity index is 841. The van der Waals surface area contributed by atoms with E-state index in [4.69, 9.17) is 0 Å². The molecule has 4 nitrogen and oxygen atoms in total. The Morgan fingerprint density at radius 3 is 2.39 bits per heavy atom. The molecule has 4 rings (SSSR count). The van der Waals surface area contributed by atoms with Crippen molar-refractivity contribution in [3.8, 4) is 0 Å². The lowest BCUT2D eigenvalue weighted by Gasteiger charge is -2.40. The Balaban J connectivity index is 1.46. The predicted octanol–water partition coefficient (Wildman–Crippen LogP) is 3.61. The van der Waals surface area contributed by atoms with E-state index in [1.807, 2.05) is 42.2 Å². The number of hydrogen-bond donors (Lipinski definition) is 0. The molecule has 0 bridgehead atoms. The molecule has 2 aromatic rings. The molecular formula is C24H28N2O2. The smallest absolute Gasteiger partial charge is 0.250 e. The van der Waals surface area contributed by atoms with Gasteiger partial charge in [0, 0.05) is 19.6 Å². The first kappa shape index (κ1) is 18.7. The fraction of sp³-hybridized carbons (Fsp3) is 0.417. The number of likely N-dealkylation sites (tertiary alicyclic amines) is 1.